The van der Waals surface area contributed by atoms with Crippen molar-refractivity contribution < 1.29 is 13.0 Å². The SMILES string of the molecule is NC(N)CCCS(=O)(=O)O. The molecule has 0 aliphatic carbocycles. The van der Waals surface area contributed by atoms with E-state index in [4.69, 9.17) is 16.0 Å². The first-order valence-electron chi connectivity index (χ1n) is 2.88. The molecule has 0 saturated carbocycles. The summed E-state index contributed by atoms with van der Waals surface area (Å²) in [7, 11) is -3.83. The first-order valence-corrected chi connectivity index (χ1v) is 4.49. The van der Waals surface area contributed by atoms with E-state index in [0.717, 1.165) is 0 Å². The summed E-state index contributed by atoms with van der Waals surface area (Å²) in [6.45, 7) is 0. The molecule has 0 aromatic rings. The Kier molecular flexibility index (Phi) is 3.80. The van der Waals surface area contributed by atoms with Crippen LogP contribution in [0.25, 0.3) is 0 Å². The molecule has 0 fully saturated rings. The molecule has 0 radical (unpaired) electrons. The van der Waals surface area contributed by atoms with E-state index in [9.17, 15) is 8.42 Å². The molecular weight excluding hydrogens is 156 g/mol. The Balaban J connectivity index is 3.39. The second kappa shape index (κ2) is 3.87. The highest BCUT2D eigenvalue weighted by molar-refractivity contribution is 7.85. The summed E-state index contributed by atoms with van der Waals surface area (Å²) in [6, 6.07) is 0. The standard InChI is InChI=1S/C4H12N2O3S/c5-4(6)2-1-3-10(7,8)9/h4H,1-3,5-6H2,(H,7,8,9). The fourth-order valence-electron chi connectivity index (χ4n) is 0.501. The van der Waals surface area contributed by atoms with Crippen LogP contribution >= 0.6 is 0 Å². The van der Waals surface area contributed by atoms with Crippen LogP contribution in [0.1, 0.15) is 12.8 Å². The van der Waals surface area contributed by atoms with Gasteiger partial charge in [-0.2, -0.15) is 8.42 Å². The maximum atomic E-state index is 10.1. The van der Waals surface area contributed by atoms with Gasteiger partial charge >= 0.3 is 0 Å². The van der Waals surface area contributed by atoms with Crippen LogP contribution in [-0.4, -0.2) is 24.9 Å². The third kappa shape index (κ3) is 7.83. The molecule has 0 heterocycles. The Hall–Kier alpha value is -0.170. The molecule has 0 aromatic carbocycles. The molecule has 0 atom stereocenters. The lowest BCUT2D eigenvalue weighted by Gasteiger charge is -2.01. The summed E-state index contributed by atoms with van der Waals surface area (Å²) in [5.41, 5.74) is 10.2. The Bertz CT molecular complexity index is 175. The van der Waals surface area contributed by atoms with Crippen molar-refractivity contribution in [2.24, 2.45) is 11.5 Å². The van der Waals surface area contributed by atoms with Crippen LogP contribution in [0.15, 0.2) is 0 Å². The maximum absolute atomic E-state index is 10.1. The number of rotatable bonds is 4. The predicted molar refractivity (Wildman–Crippen MR) is 37.8 cm³/mol. The van der Waals surface area contributed by atoms with Crippen LogP contribution in [-0.2, 0) is 10.1 Å². The number of hydrogen-bond acceptors (Lipinski definition) is 4. The van der Waals surface area contributed by atoms with Crippen LogP contribution in [0.5, 0.6) is 0 Å². The summed E-state index contributed by atoms with van der Waals surface area (Å²) in [5, 5.41) is 0. The molecule has 0 aromatic heterocycles. The third-order valence-corrected chi connectivity index (χ3v) is 1.74. The quantitative estimate of drug-likeness (QED) is 0.365. The van der Waals surface area contributed by atoms with E-state index in [1.165, 1.54) is 0 Å². The average Bonchev–Trinajstić information content (AvgIpc) is 1.59. The van der Waals surface area contributed by atoms with Crippen molar-refractivity contribution in [1.82, 2.24) is 0 Å². The minimum absolute atomic E-state index is 0.266. The Labute approximate surface area is 60.1 Å². The largest absolute Gasteiger partial charge is 0.316 e. The van der Waals surface area contributed by atoms with E-state index in [2.05, 4.69) is 0 Å². The predicted octanol–water partition coefficient (Wildman–Crippen LogP) is -1.10. The van der Waals surface area contributed by atoms with Crippen molar-refractivity contribution in [3.63, 3.8) is 0 Å². The molecule has 0 amide bonds. The smallest absolute Gasteiger partial charge is 0.264 e. The third-order valence-electron chi connectivity index (χ3n) is 0.940. The first kappa shape index (κ1) is 9.83. The molecule has 62 valence electrons. The van der Waals surface area contributed by atoms with Crippen molar-refractivity contribution in [1.29, 1.82) is 0 Å². The van der Waals surface area contributed by atoms with Crippen molar-refractivity contribution in [2.45, 2.75) is 19.0 Å². The summed E-state index contributed by atoms with van der Waals surface area (Å²) in [4.78, 5) is 0. The summed E-state index contributed by atoms with van der Waals surface area (Å²) >= 11 is 0. The van der Waals surface area contributed by atoms with Gasteiger partial charge in [-0.15, -0.1) is 0 Å². The van der Waals surface area contributed by atoms with Gasteiger partial charge in [-0.3, -0.25) is 4.55 Å². The van der Waals surface area contributed by atoms with Crippen molar-refractivity contribution >= 4 is 10.1 Å². The second-order valence-corrected chi connectivity index (χ2v) is 3.66. The minimum Gasteiger partial charge on any atom is -0.316 e. The molecule has 0 spiro atoms. The van der Waals surface area contributed by atoms with E-state index in [-0.39, 0.29) is 5.75 Å². The lowest BCUT2D eigenvalue weighted by Crippen LogP contribution is -2.30. The molecule has 0 aliphatic rings. The second-order valence-electron chi connectivity index (χ2n) is 2.09. The monoisotopic (exact) mass is 168 g/mol. The van der Waals surface area contributed by atoms with Gasteiger partial charge in [0, 0.05) is 0 Å². The van der Waals surface area contributed by atoms with E-state index in [1.807, 2.05) is 0 Å². The van der Waals surface area contributed by atoms with Gasteiger partial charge in [0.25, 0.3) is 10.1 Å². The highest BCUT2D eigenvalue weighted by Crippen LogP contribution is 1.93. The lowest BCUT2D eigenvalue weighted by atomic mass is 10.3. The van der Waals surface area contributed by atoms with Crippen molar-refractivity contribution in [3.8, 4) is 0 Å². The van der Waals surface area contributed by atoms with Crippen molar-refractivity contribution in [3.05, 3.63) is 0 Å². The average molecular weight is 168 g/mol. The van der Waals surface area contributed by atoms with Gasteiger partial charge in [-0.1, -0.05) is 0 Å². The summed E-state index contributed by atoms with van der Waals surface area (Å²) in [6.07, 6.45) is 0.206. The summed E-state index contributed by atoms with van der Waals surface area (Å²) < 4.78 is 28.4. The normalized spacial score (nSPS) is 12.4. The van der Waals surface area contributed by atoms with Crippen LogP contribution in [0.3, 0.4) is 0 Å². The lowest BCUT2D eigenvalue weighted by molar-refractivity contribution is 0.478. The van der Waals surface area contributed by atoms with Gasteiger partial charge in [0.15, 0.2) is 0 Å². The first-order chi connectivity index (χ1) is 4.42. The number of hydrogen-bond donors (Lipinski definition) is 3. The molecular formula is C4H12N2O3S. The van der Waals surface area contributed by atoms with Gasteiger partial charge in [0.1, 0.15) is 0 Å². The van der Waals surface area contributed by atoms with E-state index in [1.54, 1.807) is 0 Å². The molecule has 0 bridgehead atoms. The molecule has 5 N–H and O–H groups in total. The fourth-order valence-corrected chi connectivity index (χ4v) is 1.03. The Morgan fingerprint density at radius 2 is 1.90 bits per heavy atom. The van der Waals surface area contributed by atoms with Crippen LogP contribution in [0, 0.1) is 0 Å². The van der Waals surface area contributed by atoms with E-state index in [0.29, 0.717) is 12.8 Å². The zero-order chi connectivity index (χ0) is 8.20. The van der Waals surface area contributed by atoms with Gasteiger partial charge in [0.2, 0.25) is 0 Å². The highest BCUT2D eigenvalue weighted by atomic mass is 32.2. The van der Waals surface area contributed by atoms with Crippen molar-refractivity contribution in [2.75, 3.05) is 5.75 Å². The van der Waals surface area contributed by atoms with Gasteiger partial charge in [-0.05, 0) is 12.8 Å². The van der Waals surface area contributed by atoms with Gasteiger partial charge in [0.05, 0.1) is 11.9 Å². The topological polar surface area (TPSA) is 106 Å². The molecule has 0 aliphatic heterocycles. The molecule has 10 heavy (non-hydrogen) atoms. The summed E-state index contributed by atoms with van der Waals surface area (Å²) in [5.74, 6) is -0.266. The Morgan fingerprint density at radius 3 is 2.20 bits per heavy atom. The van der Waals surface area contributed by atoms with Gasteiger partial charge < -0.3 is 11.5 Å². The minimum atomic E-state index is -3.83. The van der Waals surface area contributed by atoms with E-state index >= 15 is 0 Å². The van der Waals surface area contributed by atoms with Crippen LogP contribution < -0.4 is 11.5 Å². The van der Waals surface area contributed by atoms with E-state index < -0.39 is 16.3 Å². The molecule has 0 saturated heterocycles. The molecule has 5 nitrogen and oxygen atoms in total. The highest BCUT2D eigenvalue weighted by Gasteiger charge is 2.04. The van der Waals surface area contributed by atoms with Gasteiger partial charge in [-0.25, -0.2) is 0 Å². The molecule has 0 unspecified atom stereocenters. The number of nitrogens with two attached hydrogens (primary N) is 2. The molecule has 6 heteroatoms. The zero-order valence-corrected chi connectivity index (χ0v) is 6.34. The maximum Gasteiger partial charge on any atom is 0.264 e. The van der Waals surface area contributed by atoms with Crippen LogP contribution in [0.4, 0.5) is 0 Å². The molecule has 0 rings (SSSR count). The fraction of sp³-hybridized carbons (Fsp3) is 1.00. The van der Waals surface area contributed by atoms with Crippen LogP contribution in [0.2, 0.25) is 0 Å². The zero-order valence-electron chi connectivity index (χ0n) is 5.53. The Morgan fingerprint density at radius 1 is 1.40 bits per heavy atom.